The van der Waals surface area contributed by atoms with Gasteiger partial charge in [0.25, 0.3) is 0 Å². The normalized spacial score (nSPS) is 17.5. The Morgan fingerprint density at radius 2 is 1.83 bits per heavy atom. The van der Waals surface area contributed by atoms with Gasteiger partial charge in [0, 0.05) is 44.3 Å². The molecule has 1 fully saturated rings. The summed E-state index contributed by atoms with van der Waals surface area (Å²) in [4.78, 5) is 4.94. The molecular formula is C18H30N6. The number of hydrogen-bond donors (Lipinski definition) is 0. The van der Waals surface area contributed by atoms with Gasteiger partial charge >= 0.3 is 0 Å². The highest BCUT2D eigenvalue weighted by molar-refractivity contribution is 5.26. The van der Waals surface area contributed by atoms with Gasteiger partial charge in [-0.15, -0.1) is 0 Å². The smallest absolute Gasteiger partial charge is 0.102 e. The summed E-state index contributed by atoms with van der Waals surface area (Å²) in [6.45, 7) is 13.4. The van der Waals surface area contributed by atoms with E-state index in [0.717, 1.165) is 30.9 Å². The van der Waals surface area contributed by atoms with Crippen LogP contribution in [0.4, 0.5) is 0 Å². The fraction of sp³-hybridized carbons (Fsp3) is 0.667. The fourth-order valence-electron chi connectivity index (χ4n) is 2.99. The Bertz CT molecular complexity index is 643. The van der Waals surface area contributed by atoms with E-state index in [1.54, 1.807) is 0 Å². The number of piperazine rings is 1. The Hall–Kier alpha value is -1.66. The van der Waals surface area contributed by atoms with E-state index in [1.807, 2.05) is 21.8 Å². The van der Waals surface area contributed by atoms with Crippen LogP contribution in [0.25, 0.3) is 5.69 Å². The third-order valence-electron chi connectivity index (χ3n) is 4.70. The van der Waals surface area contributed by atoms with Gasteiger partial charge in [-0.2, -0.15) is 10.2 Å². The van der Waals surface area contributed by atoms with Gasteiger partial charge < -0.3 is 9.80 Å². The molecule has 3 heterocycles. The topological polar surface area (TPSA) is 42.1 Å². The maximum atomic E-state index is 4.68. The Morgan fingerprint density at radius 3 is 2.50 bits per heavy atom. The molecule has 1 aliphatic rings. The second-order valence-corrected chi connectivity index (χ2v) is 7.86. The van der Waals surface area contributed by atoms with Crippen molar-refractivity contribution in [1.29, 1.82) is 0 Å². The van der Waals surface area contributed by atoms with Crippen LogP contribution >= 0.6 is 0 Å². The van der Waals surface area contributed by atoms with Gasteiger partial charge in [-0.05, 0) is 26.1 Å². The lowest BCUT2D eigenvalue weighted by Crippen LogP contribution is -2.44. The van der Waals surface area contributed by atoms with Crippen LogP contribution in [0, 0.1) is 0 Å². The maximum Gasteiger partial charge on any atom is 0.102 e. The third kappa shape index (κ3) is 4.24. The average Bonchev–Trinajstić information content (AvgIpc) is 3.17. The first-order valence-electron chi connectivity index (χ1n) is 8.92. The highest BCUT2D eigenvalue weighted by atomic mass is 15.3. The zero-order valence-electron chi connectivity index (χ0n) is 15.4. The van der Waals surface area contributed by atoms with Crippen molar-refractivity contribution in [3.05, 3.63) is 30.4 Å². The molecular weight excluding hydrogens is 300 g/mol. The highest BCUT2D eigenvalue weighted by Crippen LogP contribution is 2.20. The molecule has 3 rings (SSSR count). The van der Waals surface area contributed by atoms with Crippen molar-refractivity contribution in [2.45, 2.75) is 39.2 Å². The molecule has 6 nitrogen and oxygen atoms in total. The minimum absolute atomic E-state index is 0.0732. The number of aromatic nitrogens is 4. The summed E-state index contributed by atoms with van der Waals surface area (Å²) in [6.07, 6.45) is 7.14. The van der Waals surface area contributed by atoms with Crippen LogP contribution in [0.3, 0.4) is 0 Å². The number of nitrogens with zero attached hydrogens (tertiary/aromatic N) is 6. The lowest BCUT2D eigenvalue weighted by molar-refractivity contribution is 0.151. The number of aryl methyl sites for hydroxylation is 1. The fourth-order valence-corrected chi connectivity index (χ4v) is 2.99. The van der Waals surface area contributed by atoms with E-state index >= 15 is 0 Å². The molecule has 0 radical (unpaired) electrons. The van der Waals surface area contributed by atoms with Crippen molar-refractivity contribution < 1.29 is 0 Å². The molecule has 0 atom stereocenters. The van der Waals surface area contributed by atoms with Gasteiger partial charge in [0.05, 0.1) is 18.1 Å². The van der Waals surface area contributed by atoms with Gasteiger partial charge in [-0.1, -0.05) is 20.8 Å². The van der Waals surface area contributed by atoms with E-state index in [-0.39, 0.29) is 5.41 Å². The first-order valence-corrected chi connectivity index (χ1v) is 8.92. The van der Waals surface area contributed by atoms with E-state index in [1.165, 1.54) is 26.2 Å². The van der Waals surface area contributed by atoms with Gasteiger partial charge in [-0.25, -0.2) is 4.68 Å². The molecule has 0 unspecified atom stereocenters. The maximum absolute atomic E-state index is 4.68. The van der Waals surface area contributed by atoms with Crippen LogP contribution in [0.1, 0.15) is 32.9 Å². The number of likely N-dealkylation sites (N-methyl/N-ethyl adjacent to an activating group) is 1. The third-order valence-corrected chi connectivity index (χ3v) is 4.70. The monoisotopic (exact) mass is 330 g/mol. The number of rotatable bonds is 5. The summed E-state index contributed by atoms with van der Waals surface area (Å²) < 4.78 is 3.95. The Morgan fingerprint density at radius 1 is 1.08 bits per heavy atom. The van der Waals surface area contributed by atoms with Gasteiger partial charge in [0.1, 0.15) is 5.69 Å². The molecule has 0 N–H and O–H groups in total. The highest BCUT2D eigenvalue weighted by Gasteiger charge is 2.17. The molecule has 1 saturated heterocycles. The Balaban J connectivity index is 1.51. The number of hydrogen-bond acceptors (Lipinski definition) is 4. The van der Waals surface area contributed by atoms with E-state index in [4.69, 9.17) is 0 Å². The molecule has 0 amide bonds. The van der Waals surface area contributed by atoms with E-state index in [2.05, 4.69) is 60.1 Å². The molecule has 0 aliphatic carbocycles. The Kier molecular flexibility index (Phi) is 5.06. The molecule has 132 valence electrons. The molecule has 24 heavy (non-hydrogen) atoms. The molecule has 2 aromatic rings. The van der Waals surface area contributed by atoms with Crippen molar-refractivity contribution in [3.8, 4) is 5.69 Å². The van der Waals surface area contributed by atoms with Crippen LogP contribution in [0.15, 0.2) is 24.7 Å². The largest absolute Gasteiger partial charge is 0.304 e. The van der Waals surface area contributed by atoms with Crippen LogP contribution < -0.4 is 0 Å². The van der Waals surface area contributed by atoms with Crippen molar-refractivity contribution >= 4 is 0 Å². The summed E-state index contributed by atoms with van der Waals surface area (Å²) in [5.41, 5.74) is 2.21. The molecule has 0 aromatic carbocycles. The molecule has 1 aliphatic heterocycles. The summed E-state index contributed by atoms with van der Waals surface area (Å²) in [6, 6.07) is 2.09. The van der Waals surface area contributed by atoms with Gasteiger partial charge in [0.2, 0.25) is 0 Å². The van der Waals surface area contributed by atoms with Crippen LogP contribution in [0.5, 0.6) is 0 Å². The molecule has 0 bridgehead atoms. The van der Waals surface area contributed by atoms with Crippen molar-refractivity contribution in [3.63, 3.8) is 0 Å². The predicted octanol–water partition coefficient (Wildman–Crippen LogP) is 2.00. The van der Waals surface area contributed by atoms with Crippen LogP contribution in [0.2, 0.25) is 0 Å². The molecule has 0 saturated carbocycles. The summed E-state index contributed by atoms with van der Waals surface area (Å²) >= 11 is 0. The van der Waals surface area contributed by atoms with E-state index in [0.29, 0.717) is 0 Å². The quantitative estimate of drug-likeness (QED) is 0.841. The first-order chi connectivity index (χ1) is 11.4. The van der Waals surface area contributed by atoms with Crippen LogP contribution in [-0.4, -0.2) is 69.1 Å². The minimum Gasteiger partial charge on any atom is -0.304 e. The second kappa shape index (κ2) is 7.07. The Labute approximate surface area is 145 Å². The molecule has 2 aromatic heterocycles. The van der Waals surface area contributed by atoms with Crippen molar-refractivity contribution in [1.82, 2.24) is 29.4 Å². The van der Waals surface area contributed by atoms with Gasteiger partial charge in [-0.3, -0.25) is 4.68 Å². The van der Waals surface area contributed by atoms with Crippen LogP contribution in [-0.2, 0) is 12.0 Å². The van der Waals surface area contributed by atoms with Gasteiger partial charge in [0.15, 0.2) is 0 Å². The second-order valence-electron chi connectivity index (χ2n) is 7.86. The zero-order valence-corrected chi connectivity index (χ0v) is 15.4. The van der Waals surface area contributed by atoms with Crippen molar-refractivity contribution in [2.75, 3.05) is 39.8 Å². The van der Waals surface area contributed by atoms with E-state index in [9.17, 15) is 0 Å². The standard InChI is InChI=1S/C18H30N6/c1-18(2,3)17-6-9-24(20-17)16-14-19-23(15-16)8-5-7-22-12-10-21(4)11-13-22/h6,9,14-15H,5,7-8,10-13H2,1-4H3. The molecule has 6 heteroatoms. The zero-order chi connectivity index (χ0) is 17.2. The predicted molar refractivity (Wildman–Crippen MR) is 96.6 cm³/mol. The first kappa shape index (κ1) is 17.2. The average molecular weight is 330 g/mol. The molecule has 0 spiro atoms. The minimum atomic E-state index is 0.0732. The summed E-state index contributed by atoms with van der Waals surface area (Å²) in [7, 11) is 2.20. The van der Waals surface area contributed by atoms with E-state index < -0.39 is 0 Å². The lowest BCUT2D eigenvalue weighted by atomic mass is 9.93. The summed E-state index contributed by atoms with van der Waals surface area (Å²) in [5, 5.41) is 9.16. The summed E-state index contributed by atoms with van der Waals surface area (Å²) in [5.74, 6) is 0. The lowest BCUT2D eigenvalue weighted by Gasteiger charge is -2.32. The van der Waals surface area contributed by atoms with Crippen molar-refractivity contribution in [2.24, 2.45) is 0 Å². The SMILES string of the molecule is CN1CCN(CCCn2cc(-n3ccc(C(C)(C)C)n3)cn2)CC1.